The highest BCUT2D eigenvalue weighted by molar-refractivity contribution is 6.74. The highest BCUT2D eigenvalue weighted by Gasteiger charge is 2.47. The van der Waals surface area contributed by atoms with Gasteiger partial charge in [-0.2, -0.15) is 0 Å². The molecule has 0 aromatic rings. The van der Waals surface area contributed by atoms with Gasteiger partial charge >= 0.3 is 0 Å². The Hall–Kier alpha value is 0.0569. The summed E-state index contributed by atoms with van der Waals surface area (Å²) in [6.45, 7) is 15.5. The Balaban J connectivity index is 2.02. The number of hydrogen-bond donors (Lipinski definition) is 1. The van der Waals surface area contributed by atoms with Crippen molar-refractivity contribution in [1.29, 1.82) is 0 Å². The standard InChI is InChI=1S/C15H31NO3Si/c1-14(2,3)20(4,5)19-12-15(17-10-11-18-15)13-6-8-16-9-7-13/h13,16H,6-12H2,1-5H3. The monoisotopic (exact) mass is 301 g/mol. The molecule has 0 spiro atoms. The highest BCUT2D eigenvalue weighted by atomic mass is 28.4. The highest BCUT2D eigenvalue weighted by Crippen LogP contribution is 2.40. The van der Waals surface area contributed by atoms with Crippen LogP contribution in [-0.2, 0) is 13.9 Å². The van der Waals surface area contributed by atoms with Crippen molar-refractivity contribution in [1.82, 2.24) is 5.32 Å². The maximum absolute atomic E-state index is 6.40. The van der Waals surface area contributed by atoms with Crippen LogP contribution in [0.15, 0.2) is 0 Å². The van der Waals surface area contributed by atoms with Gasteiger partial charge in [0.15, 0.2) is 14.1 Å². The molecule has 0 aliphatic carbocycles. The fraction of sp³-hybridized carbons (Fsp3) is 1.00. The summed E-state index contributed by atoms with van der Waals surface area (Å²) in [7, 11) is -1.76. The second kappa shape index (κ2) is 6.05. The SMILES string of the molecule is CC(C)(C)[Si](C)(C)OCC1(C2CCNCC2)OCCO1. The summed E-state index contributed by atoms with van der Waals surface area (Å²) in [5.41, 5.74) is 0. The van der Waals surface area contributed by atoms with E-state index in [1.165, 1.54) is 0 Å². The van der Waals surface area contributed by atoms with E-state index in [1.54, 1.807) is 0 Å². The predicted octanol–water partition coefficient (Wildman–Crippen LogP) is 2.75. The molecule has 4 nitrogen and oxygen atoms in total. The normalized spacial score (nSPS) is 25.1. The lowest BCUT2D eigenvalue weighted by Gasteiger charge is -2.42. The molecular formula is C15H31NO3Si. The molecule has 0 saturated carbocycles. The first-order valence-corrected chi connectivity index (χ1v) is 10.8. The lowest BCUT2D eigenvalue weighted by Crippen LogP contribution is -2.52. The van der Waals surface area contributed by atoms with Gasteiger partial charge in [-0.3, -0.25) is 0 Å². The molecule has 0 aromatic carbocycles. The zero-order valence-electron chi connectivity index (χ0n) is 13.8. The predicted molar refractivity (Wildman–Crippen MR) is 83.4 cm³/mol. The van der Waals surface area contributed by atoms with Crippen molar-refractivity contribution >= 4 is 8.32 Å². The van der Waals surface area contributed by atoms with E-state index in [-0.39, 0.29) is 5.04 Å². The van der Waals surface area contributed by atoms with Crippen LogP contribution in [0.5, 0.6) is 0 Å². The Morgan fingerprint density at radius 3 is 2.20 bits per heavy atom. The molecule has 2 fully saturated rings. The van der Waals surface area contributed by atoms with Gasteiger partial charge in [-0.25, -0.2) is 0 Å². The zero-order valence-corrected chi connectivity index (χ0v) is 14.8. The van der Waals surface area contributed by atoms with Gasteiger partial charge in [0.05, 0.1) is 19.8 Å². The maximum atomic E-state index is 6.40. The first kappa shape index (κ1) is 16.4. The maximum Gasteiger partial charge on any atom is 0.193 e. The van der Waals surface area contributed by atoms with Crippen LogP contribution in [0, 0.1) is 5.92 Å². The van der Waals surface area contributed by atoms with Gasteiger partial charge in [-0.15, -0.1) is 0 Å². The molecule has 20 heavy (non-hydrogen) atoms. The van der Waals surface area contributed by atoms with Crippen LogP contribution in [0.3, 0.4) is 0 Å². The van der Waals surface area contributed by atoms with Gasteiger partial charge in [0.2, 0.25) is 0 Å². The average molecular weight is 302 g/mol. The fourth-order valence-corrected chi connectivity index (χ4v) is 3.66. The third-order valence-corrected chi connectivity index (χ3v) is 9.66. The number of nitrogens with one attached hydrogen (secondary N) is 1. The molecule has 2 heterocycles. The molecule has 2 aliphatic heterocycles. The van der Waals surface area contributed by atoms with Crippen molar-refractivity contribution in [2.45, 2.75) is 57.5 Å². The van der Waals surface area contributed by atoms with Crippen LogP contribution in [0.1, 0.15) is 33.6 Å². The second-order valence-electron chi connectivity index (χ2n) is 7.58. The van der Waals surface area contributed by atoms with Crippen LogP contribution in [0.2, 0.25) is 18.1 Å². The molecule has 2 aliphatic rings. The number of hydrogen-bond acceptors (Lipinski definition) is 4. The van der Waals surface area contributed by atoms with Crippen molar-refractivity contribution in [3.05, 3.63) is 0 Å². The summed E-state index contributed by atoms with van der Waals surface area (Å²) in [5.74, 6) is -0.0338. The molecule has 0 radical (unpaired) electrons. The molecule has 5 heteroatoms. The van der Waals surface area contributed by atoms with E-state index >= 15 is 0 Å². The quantitative estimate of drug-likeness (QED) is 0.811. The summed E-state index contributed by atoms with van der Waals surface area (Å²) in [6.07, 6.45) is 2.22. The van der Waals surface area contributed by atoms with E-state index < -0.39 is 14.1 Å². The Bertz CT molecular complexity index is 316. The van der Waals surface area contributed by atoms with Crippen LogP contribution in [-0.4, -0.2) is 47.0 Å². The van der Waals surface area contributed by atoms with E-state index in [0.29, 0.717) is 25.7 Å². The summed E-state index contributed by atoms with van der Waals surface area (Å²) in [5, 5.41) is 3.63. The van der Waals surface area contributed by atoms with Gasteiger partial charge in [0.25, 0.3) is 0 Å². The van der Waals surface area contributed by atoms with Gasteiger partial charge in [0.1, 0.15) is 0 Å². The number of ether oxygens (including phenoxy) is 2. The zero-order chi connectivity index (χ0) is 14.9. The first-order valence-electron chi connectivity index (χ1n) is 7.89. The molecular weight excluding hydrogens is 270 g/mol. The largest absolute Gasteiger partial charge is 0.411 e. The Morgan fingerprint density at radius 1 is 1.15 bits per heavy atom. The van der Waals surface area contributed by atoms with E-state index in [0.717, 1.165) is 25.9 Å². The Kier molecular flexibility index (Phi) is 4.97. The van der Waals surface area contributed by atoms with Crippen LogP contribution in [0.25, 0.3) is 0 Å². The molecule has 0 unspecified atom stereocenters. The topological polar surface area (TPSA) is 39.7 Å². The van der Waals surface area contributed by atoms with Crippen molar-refractivity contribution < 1.29 is 13.9 Å². The Morgan fingerprint density at radius 2 is 1.70 bits per heavy atom. The van der Waals surface area contributed by atoms with Gasteiger partial charge in [0, 0.05) is 5.92 Å². The van der Waals surface area contributed by atoms with Gasteiger partial charge in [-0.05, 0) is 44.1 Å². The van der Waals surface area contributed by atoms with Crippen LogP contribution in [0.4, 0.5) is 0 Å². The molecule has 118 valence electrons. The third-order valence-electron chi connectivity index (χ3n) is 5.18. The minimum Gasteiger partial charge on any atom is -0.411 e. The lowest BCUT2D eigenvalue weighted by molar-refractivity contribution is -0.219. The van der Waals surface area contributed by atoms with Crippen molar-refractivity contribution in [2.75, 3.05) is 32.9 Å². The molecule has 2 saturated heterocycles. The summed E-state index contributed by atoms with van der Waals surface area (Å²) in [6, 6.07) is 0. The summed E-state index contributed by atoms with van der Waals surface area (Å²) < 4.78 is 18.5. The van der Waals surface area contributed by atoms with E-state index in [2.05, 4.69) is 39.2 Å². The third kappa shape index (κ3) is 3.44. The lowest BCUT2D eigenvalue weighted by atomic mass is 9.89. The Labute approximate surface area is 124 Å². The average Bonchev–Trinajstić information content (AvgIpc) is 2.86. The van der Waals surface area contributed by atoms with Gasteiger partial charge in [-0.1, -0.05) is 20.8 Å². The molecule has 0 atom stereocenters. The summed E-state index contributed by atoms with van der Waals surface area (Å²) >= 11 is 0. The van der Waals surface area contributed by atoms with Crippen LogP contribution < -0.4 is 5.32 Å². The van der Waals surface area contributed by atoms with E-state index in [9.17, 15) is 0 Å². The fourth-order valence-electron chi connectivity index (χ4n) is 2.67. The minimum absolute atomic E-state index is 0.223. The van der Waals surface area contributed by atoms with Crippen molar-refractivity contribution in [2.24, 2.45) is 5.92 Å². The van der Waals surface area contributed by atoms with Crippen molar-refractivity contribution in [3.8, 4) is 0 Å². The first-order chi connectivity index (χ1) is 9.27. The van der Waals surface area contributed by atoms with Gasteiger partial charge < -0.3 is 19.2 Å². The smallest absolute Gasteiger partial charge is 0.193 e. The second-order valence-corrected chi connectivity index (χ2v) is 12.4. The molecule has 0 amide bonds. The van der Waals surface area contributed by atoms with E-state index in [1.807, 2.05) is 0 Å². The minimum atomic E-state index is -1.76. The molecule has 0 bridgehead atoms. The van der Waals surface area contributed by atoms with Crippen LogP contribution >= 0.6 is 0 Å². The van der Waals surface area contributed by atoms with E-state index in [4.69, 9.17) is 13.9 Å². The summed E-state index contributed by atoms with van der Waals surface area (Å²) in [4.78, 5) is 0. The molecule has 1 N–H and O–H groups in total. The number of piperidine rings is 1. The molecule has 0 aromatic heterocycles. The number of rotatable bonds is 4. The molecule has 2 rings (SSSR count). The van der Waals surface area contributed by atoms with Crippen molar-refractivity contribution in [3.63, 3.8) is 0 Å².